The van der Waals surface area contributed by atoms with Gasteiger partial charge in [0.2, 0.25) is 0 Å². The van der Waals surface area contributed by atoms with E-state index in [9.17, 15) is 0 Å². The summed E-state index contributed by atoms with van der Waals surface area (Å²) in [6.45, 7) is 2.93. The maximum atomic E-state index is 8.96. The van der Waals surface area contributed by atoms with Gasteiger partial charge in [-0.25, -0.2) is 0 Å². The SMILES string of the molecule is CC[C@H](c1nnc(SCc2ccc(C#N)cc2)n1Cc1ccccc1)N(C)C. The Labute approximate surface area is 171 Å². The summed E-state index contributed by atoms with van der Waals surface area (Å²) in [5.41, 5.74) is 3.08. The van der Waals surface area contributed by atoms with Crippen molar-refractivity contribution in [1.29, 1.82) is 5.26 Å². The number of rotatable bonds is 8. The molecule has 0 N–H and O–H groups in total. The number of thioether (sulfide) groups is 1. The van der Waals surface area contributed by atoms with Crippen LogP contribution in [0.25, 0.3) is 0 Å². The fourth-order valence-corrected chi connectivity index (χ4v) is 4.07. The third kappa shape index (κ3) is 4.80. The van der Waals surface area contributed by atoms with Crippen molar-refractivity contribution in [3.63, 3.8) is 0 Å². The number of nitrogens with zero attached hydrogens (tertiary/aromatic N) is 5. The number of benzene rings is 2. The van der Waals surface area contributed by atoms with Gasteiger partial charge >= 0.3 is 0 Å². The summed E-state index contributed by atoms with van der Waals surface area (Å²) >= 11 is 1.68. The van der Waals surface area contributed by atoms with Crippen LogP contribution in [0.5, 0.6) is 0 Å². The van der Waals surface area contributed by atoms with E-state index >= 15 is 0 Å². The molecule has 6 heteroatoms. The molecule has 0 spiro atoms. The largest absolute Gasteiger partial charge is 0.300 e. The minimum atomic E-state index is 0.223. The van der Waals surface area contributed by atoms with Crippen LogP contribution in [0.2, 0.25) is 0 Å². The van der Waals surface area contributed by atoms with Gasteiger partial charge in [0.1, 0.15) is 0 Å². The lowest BCUT2D eigenvalue weighted by Crippen LogP contribution is -2.23. The van der Waals surface area contributed by atoms with Crippen LogP contribution >= 0.6 is 11.8 Å². The third-order valence-electron chi connectivity index (χ3n) is 4.69. The molecule has 28 heavy (non-hydrogen) atoms. The van der Waals surface area contributed by atoms with Crippen LogP contribution in [-0.2, 0) is 12.3 Å². The second-order valence-electron chi connectivity index (χ2n) is 6.90. The van der Waals surface area contributed by atoms with E-state index in [1.807, 2.05) is 30.3 Å². The van der Waals surface area contributed by atoms with Gasteiger partial charge in [0.05, 0.1) is 24.2 Å². The molecule has 2 aromatic carbocycles. The second kappa shape index (κ2) is 9.54. The zero-order valence-corrected chi connectivity index (χ0v) is 17.4. The van der Waals surface area contributed by atoms with Crippen molar-refractivity contribution < 1.29 is 0 Å². The molecular formula is C22H25N5S. The van der Waals surface area contributed by atoms with Gasteiger partial charge in [-0.3, -0.25) is 4.90 Å². The molecule has 0 amide bonds. The maximum absolute atomic E-state index is 8.96. The maximum Gasteiger partial charge on any atom is 0.191 e. The summed E-state index contributed by atoms with van der Waals surface area (Å²) in [6.07, 6.45) is 0.972. The Morgan fingerprint density at radius 3 is 2.36 bits per heavy atom. The van der Waals surface area contributed by atoms with E-state index < -0.39 is 0 Å². The summed E-state index contributed by atoms with van der Waals surface area (Å²) in [6, 6.07) is 20.5. The monoisotopic (exact) mass is 391 g/mol. The normalized spacial score (nSPS) is 12.1. The quantitative estimate of drug-likeness (QED) is 0.529. The Kier molecular flexibility index (Phi) is 6.85. The molecule has 0 aliphatic carbocycles. The number of hydrogen-bond acceptors (Lipinski definition) is 5. The van der Waals surface area contributed by atoms with Crippen molar-refractivity contribution in [1.82, 2.24) is 19.7 Å². The van der Waals surface area contributed by atoms with E-state index in [1.165, 1.54) is 11.1 Å². The van der Waals surface area contributed by atoms with E-state index in [2.05, 4.69) is 71.0 Å². The first-order valence-corrected chi connectivity index (χ1v) is 10.4. The summed E-state index contributed by atoms with van der Waals surface area (Å²) < 4.78 is 2.23. The molecule has 0 aliphatic rings. The summed E-state index contributed by atoms with van der Waals surface area (Å²) in [7, 11) is 4.17. The average Bonchev–Trinajstić information content (AvgIpc) is 3.10. The van der Waals surface area contributed by atoms with Crippen molar-refractivity contribution in [3.05, 3.63) is 77.1 Å². The second-order valence-corrected chi connectivity index (χ2v) is 7.84. The van der Waals surface area contributed by atoms with Gasteiger partial charge in [0, 0.05) is 5.75 Å². The van der Waals surface area contributed by atoms with E-state index in [1.54, 1.807) is 11.8 Å². The van der Waals surface area contributed by atoms with Crippen LogP contribution < -0.4 is 0 Å². The molecule has 0 aliphatic heterocycles. The Morgan fingerprint density at radius 1 is 1.04 bits per heavy atom. The highest BCUT2D eigenvalue weighted by atomic mass is 32.2. The minimum absolute atomic E-state index is 0.223. The van der Waals surface area contributed by atoms with Crippen molar-refractivity contribution in [2.45, 2.75) is 36.8 Å². The lowest BCUT2D eigenvalue weighted by atomic mass is 10.2. The average molecular weight is 392 g/mol. The fourth-order valence-electron chi connectivity index (χ4n) is 3.17. The van der Waals surface area contributed by atoms with Crippen LogP contribution in [0.3, 0.4) is 0 Å². The predicted molar refractivity (Wildman–Crippen MR) is 113 cm³/mol. The van der Waals surface area contributed by atoms with Crippen LogP contribution in [-0.4, -0.2) is 33.8 Å². The van der Waals surface area contributed by atoms with Crippen molar-refractivity contribution in [2.75, 3.05) is 14.1 Å². The van der Waals surface area contributed by atoms with E-state index in [4.69, 9.17) is 5.26 Å². The summed E-state index contributed by atoms with van der Waals surface area (Å²) in [5.74, 6) is 1.79. The Balaban J connectivity index is 1.86. The highest BCUT2D eigenvalue weighted by molar-refractivity contribution is 7.98. The topological polar surface area (TPSA) is 57.7 Å². The number of hydrogen-bond donors (Lipinski definition) is 0. The molecule has 0 radical (unpaired) electrons. The standard InChI is InChI=1S/C22H25N5S/c1-4-20(26(2)3)21-24-25-22(27(21)15-18-8-6-5-7-9-18)28-16-19-12-10-17(14-23)11-13-19/h5-13,20H,4,15-16H2,1-3H3/t20-/m1/s1. The third-order valence-corrected chi connectivity index (χ3v) is 5.73. The summed E-state index contributed by atoms with van der Waals surface area (Å²) in [4.78, 5) is 2.20. The van der Waals surface area contributed by atoms with Crippen LogP contribution in [0.1, 0.15) is 41.9 Å². The molecule has 0 unspecified atom stereocenters. The smallest absolute Gasteiger partial charge is 0.191 e. The molecule has 0 bridgehead atoms. The fraction of sp³-hybridized carbons (Fsp3) is 0.318. The van der Waals surface area contributed by atoms with Gasteiger partial charge in [-0.1, -0.05) is 61.2 Å². The van der Waals surface area contributed by atoms with Crippen LogP contribution in [0.15, 0.2) is 59.8 Å². The highest BCUT2D eigenvalue weighted by Gasteiger charge is 2.22. The lowest BCUT2D eigenvalue weighted by molar-refractivity contribution is 0.272. The molecule has 0 saturated heterocycles. The van der Waals surface area contributed by atoms with Gasteiger partial charge in [-0.05, 0) is 43.8 Å². The van der Waals surface area contributed by atoms with Crippen LogP contribution in [0.4, 0.5) is 0 Å². The minimum Gasteiger partial charge on any atom is -0.300 e. The van der Waals surface area contributed by atoms with E-state index in [-0.39, 0.29) is 6.04 Å². The van der Waals surface area contributed by atoms with Gasteiger partial charge < -0.3 is 4.57 Å². The van der Waals surface area contributed by atoms with Crippen LogP contribution in [0, 0.1) is 11.3 Å². The molecule has 0 saturated carbocycles. The summed E-state index contributed by atoms with van der Waals surface area (Å²) in [5, 5.41) is 18.9. The molecule has 1 atom stereocenters. The van der Waals surface area contributed by atoms with E-state index in [0.717, 1.165) is 29.7 Å². The predicted octanol–water partition coefficient (Wildman–Crippen LogP) is 4.50. The number of nitriles is 1. The lowest BCUT2D eigenvalue weighted by Gasteiger charge is -2.23. The van der Waals surface area contributed by atoms with Crippen molar-refractivity contribution >= 4 is 11.8 Å². The van der Waals surface area contributed by atoms with Gasteiger partial charge in [0.15, 0.2) is 11.0 Å². The molecule has 3 rings (SSSR count). The molecule has 5 nitrogen and oxygen atoms in total. The molecule has 144 valence electrons. The molecular weight excluding hydrogens is 366 g/mol. The molecule has 1 aromatic heterocycles. The first-order valence-electron chi connectivity index (χ1n) is 9.37. The Bertz CT molecular complexity index is 926. The first-order chi connectivity index (χ1) is 13.6. The Morgan fingerprint density at radius 2 is 1.75 bits per heavy atom. The Hall–Kier alpha value is -2.62. The molecule has 1 heterocycles. The van der Waals surface area contributed by atoms with Gasteiger partial charge in [-0.2, -0.15) is 5.26 Å². The highest BCUT2D eigenvalue weighted by Crippen LogP contribution is 2.28. The van der Waals surface area contributed by atoms with Gasteiger partial charge in [-0.15, -0.1) is 10.2 Å². The van der Waals surface area contributed by atoms with Crippen molar-refractivity contribution in [3.8, 4) is 6.07 Å². The van der Waals surface area contributed by atoms with Gasteiger partial charge in [0.25, 0.3) is 0 Å². The molecule has 0 fully saturated rings. The zero-order chi connectivity index (χ0) is 19.9. The number of aromatic nitrogens is 3. The van der Waals surface area contributed by atoms with Crippen molar-refractivity contribution in [2.24, 2.45) is 0 Å². The first kappa shape index (κ1) is 20.1. The zero-order valence-electron chi connectivity index (χ0n) is 16.5. The van der Waals surface area contributed by atoms with E-state index in [0.29, 0.717) is 5.56 Å². The molecule has 3 aromatic rings.